The number of rotatable bonds is 1. The van der Waals surface area contributed by atoms with Crippen LogP contribution in [0, 0.1) is 5.82 Å². The number of nitrogens with one attached hydrogen (secondary N) is 1. The van der Waals surface area contributed by atoms with E-state index >= 15 is 0 Å². The molecule has 0 aromatic heterocycles. The maximum atomic E-state index is 13.5. The second kappa shape index (κ2) is 5.19. The zero-order chi connectivity index (χ0) is 13.2. The van der Waals surface area contributed by atoms with E-state index in [0.717, 1.165) is 16.9 Å². The smallest absolute Gasteiger partial charge is 0.124 e. The van der Waals surface area contributed by atoms with Crippen LogP contribution in [0.4, 0.5) is 4.39 Å². The van der Waals surface area contributed by atoms with Gasteiger partial charge in [-0.1, -0.05) is 23.7 Å². The number of hydrogen-bond donors (Lipinski definition) is 1. The molecule has 1 N–H and O–H groups in total. The Bertz CT molecular complexity index is 585. The molecule has 2 nitrogen and oxygen atoms in total. The minimum absolute atomic E-state index is 0.0783. The van der Waals surface area contributed by atoms with Gasteiger partial charge in [-0.05, 0) is 35.9 Å². The number of halogens is 2. The lowest BCUT2D eigenvalue weighted by Gasteiger charge is -2.18. The Balaban J connectivity index is 2.06. The van der Waals surface area contributed by atoms with Crippen LogP contribution >= 0.6 is 11.6 Å². The van der Waals surface area contributed by atoms with Crippen LogP contribution in [0.3, 0.4) is 0 Å². The third-order valence-electron chi connectivity index (χ3n) is 3.19. The summed E-state index contributed by atoms with van der Waals surface area (Å²) in [5, 5.41) is 4.05. The molecule has 3 rings (SSSR count). The van der Waals surface area contributed by atoms with Gasteiger partial charge in [0.1, 0.15) is 18.2 Å². The average Bonchev–Trinajstić information content (AvgIpc) is 2.62. The second-order valence-electron chi connectivity index (χ2n) is 4.47. The lowest BCUT2D eigenvalue weighted by atomic mass is 9.98. The lowest BCUT2D eigenvalue weighted by Crippen LogP contribution is -2.23. The molecule has 2 aromatic carbocycles. The highest BCUT2D eigenvalue weighted by molar-refractivity contribution is 6.30. The molecule has 0 aliphatic carbocycles. The van der Waals surface area contributed by atoms with Gasteiger partial charge < -0.3 is 10.1 Å². The van der Waals surface area contributed by atoms with Gasteiger partial charge in [-0.2, -0.15) is 0 Å². The van der Waals surface area contributed by atoms with E-state index in [4.69, 9.17) is 16.3 Å². The van der Waals surface area contributed by atoms with Crippen molar-refractivity contribution in [1.82, 2.24) is 5.32 Å². The molecular weight excluding hydrogens is 265 g/mol. The van der Waals surface area contributed by atoms with Gasteiger partial charge in [0.05, 0.1) is 6.04 Å². The zero-order valence-corrected chi connectivity index (χ0v) is 11.0. The maximum absolute atomic E-state index is 13.5. The van der Waals surface area contributed by atoms with Gasteiger partial charge in [0.2, 0.25) is 0 Å². The SMILES string of the molecule is Fc1ccc2c(c1)C(c1ccc(Cl)cc1)NCCO2. The fourth-order valence-electron chi connectivity index (χ4n) is 2.30. The number of ether oxygens (including phenoxy) is 1. The molecule has 2 aromatic rings. The number of benzene rings is 2. The molecule has 0 fully saturated rings. The summed E-state index contributed by atoms with van der Waals surface area (Å²) in [6.45, 7) is 1.28. The van der Waals surface area contributed by atoms with Crippen LogP contribution in [0.15, 0.2) is 42.5 Å². The standard InChI is InChI=1S/C15H13ClFNO/c16-11-3-1-10(2-4-11)15-13-9-12(17)5-6-14(13)19-8-7-18-15/h1-6,9,15,18H,7-8H2. The van der Waals surface area contributed by atoms with Crippen molar-refractivity contribution in [2.75, 3.05) is 13.2 Å². The summed E-state index contributed by atoms with van der Waals surface area (Å²) >= 11 is 5.90. The van der Waals surface area contributed by atoms with Crippen molar-refractivity contribution in [2.45, 2.75) is 6.04 Å². The van der Waals surface area contributed by atoms with Crippen LogP contribution in [-0.4, -0.2) is 13.2 Å². The van der Waals surface area contributed by atoms with Crippen molar-refractivity contribution < 1.29 is 9.13 Å². The van der Waals surface area contributed by atoms with Crippen molar-refractivity contribution in [2.24, 2.45) is 0 Å². The molecular formula is C15H13ClFNO. The van der Waals surface area contributed by atoms with E-state index in [1.807, 2.05) is 24.3 Å². The Hall–Kier alpha value is -1.58. The molecule has 1 unspecified atom stereocenters. The van der Waals surface area contributed by atoms with E-state index in [1.54, 1.807) is 6.07 Å². The summed E-state index contributed by atoms with van der Waals surface area (Å²) in [4.78, 5) is 0. The molecule has 1 heterocycles. The molecule has 98 valence electrons. The summed E-state index contributed by atoms with van der Waals surface area (Å²) in [6, 6.07) is 12.1. The van der Waals surface area contributed by atoms with E-state index in [9.17, 15) is 4.39 Å². The fourth-order valence-corrected chi connectivity index (χ4v) is 2.43. The molecule has 4 heteroatoms. The van der Waals surface area contributed by atoms with Crippen molar-refractivity contribution in [3.63, 3.8) is 0 Å². The first kappa shape index (κ1) is 12.5. The molecule has 0 spiro atoms. The normalized spacial score (nSPS) is 18.3. The quantitative estimate of drug-likeness (QED) is 0.861. The third-order valence-corrected chi connectivity index (χ3v) is 3.45. The molecule has 0 saturated heterocycles. The molecule has 0 radical (unpaired) electrons. The highest BCUT2D eigenvalue weighted by atomic mass is 35.5. The second-order valence-corrected chi connectivity index (χ2v) is 4.91. The van der Waals surface area contributed by atoms with Crippen LogP contribution in [0.5, 0.6) is 5.75 Å². The Kier molecular flexibility index (Phi) is 3.40. The highest BCUT2D eigenvalue weighted by Crippen LogP contribution is 2.32. The van der Waals surface area contributed by atoms with Crippen molar-refractivity contribution in [1.29, 1.82) is 0 Å². The van der Waals surface area contributed by atoms with Gasteiger partial charge in [-0.15, -0.1) is 0 Å². The van der Waals surface area contributed by atoms with Crippen LogP contribution in [0.25, 0.3) is 0 Å². The minimum atomic E-state index is -0.259. The van der Waals surface area contributed by atoms with E-state index in [1.165, 1.54) is 12.1 Å². The summed E-state index contributed by atoms with van der Waals surface area (Å²) in [6.07, 6.45) is 0. The fraction of sp³-hybridized carbons (Fsp3) is 0.200. The van der Waals surface area contributed by atoms with E-state index in [2.05, 4.69) is 5.32 Å². The first-order valence-corrected chi connectivity index (χ1v) is 6.53. The van der Waals surface area contributed by atoms with Crippen LogP contribution in [-0.2, 0) is 0 Å². The van der Waals surface area contributed by atoms with Gasteiger partial charge >= 0.3 is 0 Å². The average molecular weight is 278 g/mol. The molecule has 1 aliphatic heterocycles. The summed E-state index contributed by atoms with van der Waals surface area (Å²) in [7, 11) is 0. The minimum Gasteiger partial charge on any atom is -0.492 e. The van der Waals surface area contributed by atoms with Crippen molar-refractivity contribution >= 4 is 11.6 Å². The first-order valence-electron chi connectivity index (χ1n) is 6.15. The van der Waals surface area contributed by atoms with E-state index in [-0.39, 0.29) is 11.9 Å². The summed E-state index contributed by atoms with van der Waals surface area (Å²) < 4.78 is 19.1. The summed E-state index contributed by atoms with van der Waals surface area (Å²) in [5.74, 6) is 0.469. The van der Waals surface area contributed by atoms with Crippen molar-refractivity contribution in [3.8, 4) is 5.75 Å². The third kappa shape index (κ3) is 2.57. The van der Waals surface area contributed by atoms with Gasteiger partial charge in [0, 0.05) is 17.1 Å². The molecule has 1 atom stereocenters. The molecule has 19 heavy (non-hydrogen) atoms. The monoisotopic (exact) mass is 277 g/mol. The Labute approximate surface area is 116 Å². The molecule has 0 bridgehead atoms. The zero-order valence-electron chi connectivity index (χ0n) is 10.2. The first-order chi connectivity index (χ1) is 9.24. The topological polar surface area (TPSA) is 21.3 Å². The molecule has 1 aliphatic rings. The highest BCUT2D eigenvalue weighted by Gasteiger charge is 2.21. The van der Waals surface area contributed by atoms with Crippen molar-refractivity contribution in [3.05, 3.63) is 64.4 Å². The Morgan fingerprint density at radius 3 is 2.74 bits per heavy atom. The van der Waals surface area contributed by atoms with Gasteiger partial charge in [-0.25, -0.2) is 4.39 Å². The molecule has 0 amide bonds. The Morgan fingerprint density at radius 2 is 1.95 bits per heavy atom. The van der Waals surface area contributed by atoms with Gasteiger partial charge in [0.25, 0.3) is 0 Å². The van der Waals surface area contributed by atoms with Crippen LogP contribution < -0.4 is 10.1 Å². The van der Waals surface area contributed by atoms with Crippen LogP contribution in [0.2, 0.25) is 5.02 Å². The van der Waals surface area contributed by atoms with Crippen LogP contribution in [0.1, 0.15) is 17.2 Å². The van der Waals surface area contributed by atoms with Gasteiger partial charge in [0.15, 0.2) is 0 Å². The van der Waals surface area contributed by atoms with E-state index < -0.39 is 0 Å². The lowest BCUT2D eigenvalue weighted by molar-refractivity contribution is 0.324. The Morgan fingerprint density at radius 1 is 1.16 bits per heavy atom. The maximum Gasteiger partial charge on any atom is 0.124 e. The summed E-state index contributed by atoms with van der Waals surface area (Å²) in [5.41, 5.74) is 1.86. The molecule has 0 saturated carbocycles. The predicted octanol–water partition coefficient (Wildman–Crippen LogP) is 3.55. The largest absolute Gasteiger partial charge is 0.492 e. The number of fused-ring (bicyclic) bond motifs is 1. The van der Waals surface area contributed by atoms with Gasteiger partial charge in [-0.3, -0.25) is 0 Å². The number of hydrogen-bond acceptors (Lipinski definition) is 2. The van der Waals surface area contributed by atoms with E-state index in [0.29, 0.717) is 18.2 Å². The predicted molar refractivity (Wildman–Crippen MR) is 73.2 cm³/mol.